The van der Waals surface area contributed by atoms with Gasteiger partial charge in [-0.3, -0.25) is 0 Å². The summed E-state index contributed by atoms with van der Waals surface area (Å²) < 4.78 is 5.77. The highest BCUT2D eigenvalue weighted by molar-refractivity contribution is 7.80. The first-order chi connectivity index (χ1) is 9.33. The molecule has 0 aromatic heterocycles. The minimum Gasteiger partial charge on any atom is -0.377 e. The topological polar surface area (TPSA) is 12.5 Å². The Balaban J connectivity index is 1.91. The van der Waals surface area contributed by atoms with Crippen molar-refractivity contribution in [3.05, 3.63) is 35.9 Å². The minimum absolute atomic E-state index is 0.426. The van der Waals surface area contributed by atoms with E-state index in [-0.39, 0.29) is 0 Å². The second kappa shape index (κ2) is 7.93. The van der Waals surface area contributed by atoms with Crippen LogP contribution in [0.2, 0.25) is 0 Å². The fourth-order valence-electron chi connectivity index (χ4n) is 2.86. The Hall–Kier alpha value is -0.510. The standard InChI is InChI=1S/C16H25NOS/c1-2-18-16-9-6-10-17(12-16)11-15(13-19)14-7-4-3-5-8-14/h3-5,7-8,15-16,19H,2,6,9-13H2,1H3. The van der Waals surface area contributed by atoms with Crippen LogP contribution in [0.25, 0.3) is 0 Å². The quantitative estimate of drug-likeness (QED) is 0.803. The Labute approximate surface area is 122 Å². The van der Waals surface area contributed by atoms with Gasteiger partial charge >= 0.3 is 0 Å². The smallest absolute Gasteiger partial charge is 0.0702 e. The summed E-state index contributed by atoms with van der Waals surface area (Å²) in [5.41, 5.74) is 1.40. The molecular weight excluding hydrogens is 254 g/mol. The lowest BCUT2D eigenvalue weighted by atomic mass is 9.99. The molecule has 2 unspecified atom stereocenters. The van der Waals surface area contributed by atoms with E-state index in [9.17, 15) is 0 Å². The van der Waals surface area contributed by atoms with Gasteiger partial charge in [-0.25, -0.2) is 0 Å². The van der Waals surface area contributed by atoms with Gasteiger partial charge in [-0.1, -0.05) is 30.3 Å². The van der Waals surface area contributed by atoms with Gasteiger partial charge in [0.2, 0.25) is 0 Å². The molecule has 1 aliphatic heterocycles. The molecule has 1 fully saturated rings. The van der Waals surface area contributed by atoms with Gasteiger partial charge in [0.25, 0.3) is 0 Å². The maximum absolute atomic E-state index is 5.77. The highest BCUT2D eigenvalue weighted by Gasteiger charge is 2.22. The molecule has 3 heteroatoms. The summed E-state index contributed by atoms with van der Waals surface area (Å²) in [6, 6.07) is 10.7. The van der Waals surface area contributed by atoms with Gasteiger partial charge < -0.3 is 9.64 Å². The summed E-state index contributed by atoms with van der Waals surface area (Å²) in [4.78, 5) is 2.54. The number of piperidine rings is 1. The zero-order valence-corrected chi connectivity index (χ0v) is 12.7. The molecule has 106 valence electrons. The van der Waals surface area contributed by atoms with Crippen molar-refractivity contribution in [2.24, 2.45) is 0 Å². The van der Waals surface area contributed by atoms with Crippen molar-refractivity contribution in [1.82, 2.24) is 4.90 Å². The first-order valence-corrected chi connectivity index (χ1v) is 7.96. The van der Waals surface area contributed by atoms with Crippen LogP contribution < -0.4 is 0 Å². The van der Waals surface area contributed by atoms with E-state index >= 15 is 0 Å². The Morgan fingerprint density at radius 3 is 2.84 bits per heavy atom. The van der Waals surface area contributed by atoms with Crippen LogP contribution in [-0.2, 0) is 4.74 Å². The predicted octanol–water partition coefficient (Wildman–Crippen LogP) is 3.20. The van der Waals surface area contributed by atoms with E-state index in [4.69, 9.17) is 4.74 Å². The molecule has 1 saturated heterocycles. The lowest BCUT2D eigenvalue weighted by Crippen LogP contribution is -2.41. The maximum Gasteiger partial charge on any atom is 0.0702 e. The Kier molecular flexibility index (Phi) is 6.21. The van der Waals surface area contributed by atoms with Crippen molar-refractivity contribution < 1.29 is 4.74 Å². The van der Waals surface area contributed by atoms with E-state index in [0.717, 1.165) is 25.4 Å². The molecule has 1 aromatic carbocycles. The largest absolute Gasteiger partial charge is 0.377 e. The third-order valence-corrected chi connectivity index (χ3v) is 4.28. The van der Waals surface area contributed by atoms with Crippen LogP contribution in [-0.4, -0.2) is 43.0 Å². The van der Waals surface area contributed by atoms with Crippen LogP contribution in [0.1, 0.15) is 31.2 Å². The summed E-state index contributed by atoms with van der Waals surface area (Å²) in [7, 11) is 0. The third-order valence-electron chi connectivity index (χ3n) is 3.83. The van der Waals surface area contributed by atoms with Crippen molar-refractivity contribution in [3.8, 4) is 0 Å². The lowest BCUT2D eigenvalue weighted by Gasteiger charge is -2.34. The summed E-state index contributed by atoms with van der Waals surface area (Å²) in [6.07, 6.45) is 2.88. The van der Waals surface area contributed by atoms with E-state index in [1.54, 1.807) is 0 Å². The summed E-state index contributed by atoms with van der Waals surface area (Å²) in [5, 5.41) is 0. The molecule has 19 heavy (non-hydrogen) atoms. The average Bonchev–Trinajstić information content (AvgIpc) is 2.46. The van der Waals surface area contributed by atoms with E-state index in [0.29, 0.717) is 12.0 Å². The zero-order chi connectivity index (χ0) is 13.5. The molecule has 0 N–H and O–H groups in total. The Bertz CT molecular complexity index is 355. The van der Waals surface area contributed by atoms with Crippen LogP contribution in [0.4, 0.5) is 0 Å². The molecule has 2 nitrogen and oxygen atoms in total. The number of nitrogens with zero attached hydrogens (tertiary/aromatic N) is 1. The third kappa shape index (κ3) is 4.51. The van der Waals surface area contributed by atoms with Crippen LogP contribution in [0, 0.1) is 0 Å². The molecule has 0 spiro atoms. The normalized spacial score (nSPS) is 22.3. The predicted molar refractivity (Wildman–Crippen MR) is 84.1 cm³/mol. The molecule has 1 heterocycles. The number of benzene rings is 1. The summed E-state index contributed by atoms with van der Waals surface area (Å²) in [6.45, 7) is 6.27. The van der Waals surface area contributed by atoms with Gasteiger partial charge in [-0.2, -0.15) is 12.6 Å². The zero-order valence-electron chi connectivity index (χ0n) is 11.8. The number of hydrogen-bond acceptors (Lipinski definition) is 3. The summed E-state index contributed by atoms with van der Waals surface area (Å²) in [5.74, 6) is 1.42. The molecule has 0 amide bonds. The van der Waals surface area contributed by atoms with Crippen molar-refractivity contribution in [1.29, 1.82) is 0 Å². The molecular formula is C16H25NOS. The lowest BCUT2D eigenvalue weighted by molar-refractivity contribution is 0.00487. The van der Waals surface area contributed by atoms with E-state index in [1.807, 2.05) is 0 Å². The fraction of sp³-hybridized carbons (Fsp3) is 0.625. The second-order valence-corrected chi connectivity index (χ2v) is 5.63. The summed E-state index contributed by atoms with van der Waals surface area (Å²) >= 11 is 4.53. The van der Waals surface area contributed by atoms with Gasteiger partial charge in [-0.05, 0) is 37.6 Å². The van der Waals surface area contributed by atoms with Gasteiger partial charge in [0, 0.05) is 25.6 Å². The number of likely N-dealkylation sites (tertiary alicyclic amines) is 1. The van der Waals surface area contributed by atoms with E-state index in [2.05, 4.69) is 54.8 Å². The van der Waals surface area contributed by atoms with Crippen molar-refractivity contribution in [2.45, 2.75) is 31.8 Å². The molecule has 0 aliphatic carbocycles. The number of thiol groups is 1. The molecule has 0 saturated carbocycles. The van der Waals surface area contributed by atoms with Gasteiger partial charge in [0.05, 0.1) is 6.10 Å². The second-order valence-electron chi connectivity index (χ2n) is 5.27. The molecule has 2 atom stereocenters. The highest BCUT2D eigenvalue weighted by Crippen LogP contribution is 2.21. The highest BCUT2D eigenvalue weighted by atomic mass is 32.1. The maximum atomic E-state index is 5.77. The molecule has 2 rings (SSSR count). The van der Waals surface area contributed by atoms with Crippen molar-refractivity contribution in [3.63, 3.8) is 0 Å². The molecule has 1 aliphatic rings. The number of ether oxygens (including phenoxy) is 1. The fourth-order valence-corrected chi connectivity index (χ4v) is 3.18. The first-order valence-electron chi connectivity index (χ1n) is 7.33. The number of hydrogen-bond donors (Lipinski definition) is 1. The van der Waals surface area contributed by atoms with Gasteiger partial charge in [0.15, 0.2) is 0 Å². The van der Waals surface area contributed by atoms with Gasteiger partial charge in [0.1, 0.15) is 0 Å². The average molecular weight is 279 g/mol. The van der Waals surface area contributed by atoms with Crippen LogP contribution >= 0.6 is 12.6 Å². The van der Waals surface area contributed by atoms with Crippen LogP contribution in [0.3, 0.4) is 0 Å². The SMILES string of the molecule is CCOC1CCCN(CC(CS)c2ccccc2)C1. The Morgan fingerprint density at radius 2 is 2.16 bits per heavy atom. The van der Waals surface area contributed by atoms with Crippen molar-refractivity contribution >= 4 is 12.6 Å². The van der Waals surface area contributed by atoms with Crippen molar-refractivity contribution in [2.75, 3.05) is 32.0 Å². The van der Waals surface area contributed by atoms with E-state index in [1.165, 1.54) is 24.9 Å². The molecule has 0 bridgehead atoms. The molecule has 1 aromatic rings. The molecule has 0 radical (unpaired) electrons. The minimum atomic E-state index is 0.426. The number of rotatable bonds is 6. The van der Waals surface area contributed by atoms with E-state index < -0.39 is 0 Å². The monoisotopic (exact) mass is 279 g/mol. The van der Waals surface area contributed by atoms with Crippen LogP contribution in [0.5, 0.6) is 0 Å². The first kappa shape index (κ1) is 14.9. The Morgan fingerprint density at radius 1 is 1.37 bits per heavy atom. The van der Waals surface area contributed by atoms with Gasteiger partial charge in [-0.15, -0.1) is 0 Å². The van der Waals surface area contributed by atoms with Crippen LogP contribution in [0.15, 0.2) is 30.3 Å².